The lowest BCUT2D eigenvalue weighted by Gasteiger charge is -2.07. The first kappa shape index (κ1) is 10.1. The zero-order chi connectivity index (χ0) is 9.14. The Morgan fingerprint density at radius 1 is 1.33 bits per heavy atom. The molecule has 0 unspecified atom stereocenters. The molecule has 0 nitrogen and oxygen atoms in total. The van der Waals surface area contributed by atoms with Crippen molar-refractivity contribution in [3.63, 3.8) is 0 Å². The van der Waals surface area contributed by atoms with E-state index in [0.717, 1.165) is 28.1 Å². The number of halogens is 2. The van der Waals surface area contributed by atoms with Crippen molar-refractivity contribution in [2.75, 3.05) is 0 Å². The number of rotatable bonds is 2. The van der Waals surface area contributed by atoms with E-state index in [-0.39, 0.29) is 0 Å². The summed E-state index contributed by atoms with van der Waals surface area (Å²) in [7, 11) is 1.04. The van der Waals surface area contributed by atoms with Crippen LogP contribution in [-0.4, -0.2) is 10.2 Å². The van der Waals surface area contributed by atoms with Crippen molar-refractivity contribution in [2.24, 2.45) is 0 Å². The Kier molecular flexibility index (Phi) is 3.63. The summed E-state index contributed by atoms with van der Waals surface area (Å²) in [5.41, 5.74) is 1.25. The van der Waals surface area contributed by atoms with Crippen LogP contribution >= 0.6 is 23.2 Å². The SMILES string of the molecule is CCCc1c([SiH3])ccc(Cl)c1Cl. The van der Waals surface area contributed by atoms with Gasteiger partial charge in [0.1, 0.15) is 0 Å². The summed E-state index contributed by atoms with van der Waals surface area (Å²) in [6.07, 6.45) is 2.16. The van der Waals surface area contributed by atoms with Crippen molar-refractivity contribution in [2.45, 2.75) is 19.8 Å². The Morgan fingerprint density at radius 3 is 2.58 bits per heavy atom. The second-order valence-corrected chi connectivity index (χ2v) is 4.77. The summed E-state index contributed by atoms with van der Waals surface area (Å²) in [6, 6.07) is 3.96. The molecule has 1 aromatic rings. The molecule has 1 aromatic carbocycles. The number of hydrogen-bond acceptors (Lipinski definition) is 0. The summed E-state index contributed by atoms with van der Waals surface area (Å²) < 4.78 is 0. The monoisotopic (exact) mass is 218 g/mol. The van der Waals surface area contributed by atoms with Gasteiger partial charge in [-0.15, -0.1) is 0 Å². The minimum atomic E-state index is 0.680. The zero-order valence-electron chi connectivity index (χ0n) is 7.32. The van der Waals surface area contributed by atoms with Crippen LogP contribution in [0.3, 0.4) is 0 Å². The zero-order valence-corrected chi connectivity index (χ0v) is 10.8. The summed E-state index contributed by atoms with van der Waals surface area (Å²) in [5, 5.41) is 2.80. The molecule has 0 aromatic heterocycles. The summed E-state index contributed by atoms with van der Waals surface area (Å²) in [5.74, 6) is 0. The Morgan fingerprint density at radius 2 is 2.00 bits per heavy atom. The summed E-state index contributed by atoms with van der Waals surface area (Å²) in [6.45, 7) is 2.15. The average Bonchev–Trinajstić information content (AvgIpc) is 2.06. The van der Waals surface area contributed by atoms with Crippen molar-refractivity contribution < 1.29 is 0 Å². The molecule has 0 bridgehead atoms. The van der Waals surface area contributed by atoms with Gasteiger partial charge < -0.3 is 0 Å². The van der Waals surface area contributed by atoms with Gasteiger partial charge in [0.25, 0.3) is 0 Å². The second-order valence-electron chi connectivity index (χ2n) is 2.91. The fourth-order valence-electron chi connectivity index (χ4n) is 1.25. The minimum Gasteiger partial charge on any atom is -0.0827 e. The summed E-state index contributed by atoms with van der Waals surface area (Å²) >= 11 is 12.0. The quantitative estimate of drug-likeness (QED) is 0.667. The molecule has 3 heteroatoms. The highest BCUT2D eigenvalue weighted by atomic mass is 35.5. The van der Waals surface area contributed by atoms with Crippen LogP contribution in [0.25, 0.3) is 0 Å². The van der Waals surface area contributed by atoms with Gasteiger partial charge in [0.2, 0.25) is 0 Å². The highest BCUT2D eigenvalue weighted by Gasteiger charge is 2.05. The van der Waals surface area contributed by atoms with Crippen LogP contribution in [0, 0.1) is 0 Å². The highest BCUT2D eigenvalue weighted by molar-refractivity contribution is 6.44. The Balaban J connectivity index is 3.14. The molecule has 0 atom stereocenters. The van der Waals surface area contributed by atoms with Crippen LogP contribution in [0.15, 0.2) is 12.1 Å². The van der Waals surface area contributed by atoms with E-state index in [2.05, 4.69) is 13.0 Å². The van der Waals surface area contributed by atoms with E-state index in [1.54, 1.807) is 0 Å². The minimum absolute atomic E-state index is 0.680. The van der Waals surface area contributed by atoms with Crippen molar-refractivity contribution >= 4 is 38.6 Å². The maximum Gasteiger partial charge on any atom is 0.0622 e. The van der Waals surface area contributed by atoms with Gasteiger partial charge in [-0.2, -0.15) is 0 Å². The molecule has 0 amide bonds. The van der Waals surface area contributed by atoms with Gasteiger partial charge in [0.15, 0.2) is 0 Å². The molecule has 0 spiro atoms. The van der Waals surface area contributed by atoms with E-state index in [9.17, 15) is 0 Å². The van der Waals surface area contributed by atoms with Gasteiger partial charge >= 0.3 is 0 Å². The van der Waals surface area contributed by atoms with Crippen LogP contribution in [0.4, 0.5) is 0 Å². The number of hydrogen-bond donors (Lipinski definition) is 0. The van der Waals surface area contributed by atoms with Crippen LogP contribution < -0.4 is 5.19 Å². The molecule has 0 saturated heterocycles. The second kappa shape index (κ2) is 4.31. The third kappa shape index (κ3) is 2.03. The average molecular weight is 219 g/mol. The lowest BCUT2D eigenvalue weighted by molar-refractivity contribution is 0.927. The molecule has 0 radical (unpaired) electrons. The van der Waals surface area contributed by atoms with Crippen molar-refractivity contribution in [3.8, 4) is 0 Å². The highest BCUT2D eigenvalue weighted by Crippen LogP contribution is 2.24. The van der Waals surface area contributed by atoms with Crippen LogP contribution in [0.5, 0.6) is 0 Å². The van der Waals surface area contributed by atoms with E-state index in [0.29, 0.717) is 5.02 Å². The number of benzene rings is 1. The van der Waals surface area contributed by atoms with Gasteiger partial charge in [0, 0.05) is 10.2 Å². The maximum absolute atomic E-state index is 6.07. The van der Waals surface area contributed by atoms with E-state index in [1.165, 1.54) is 10.8 Å². The lowest BCUT2D eigenvalue weighted by Crippen LogP contribution is -2.10. The first-order valence-corrected chi connectivity index (χ1v) is 5.86. The normalized spacial score (nSPS) is 10.6. The van der Waals surface area contributed by atoms with Crippen molar-refractivity contribution in [1.82, 2.24) is 0 Å². The Hall–Kier alpha value is 0.0169. The van der Waals surface area contributed by atoms with Gasteiger partial charge in [-0.1, -0.05) is 47.8 Å². The molecule has 0 aliphatic heterocycles. The molecule has 12 heavy (non-hydrogen) atoms. The van der Waals surface area contributed by atoms with Gasteiger partial charge in [-0.3, -0.25) is 0 Å². The van der Waals surface area contributed by atoms with Crippen LogP contribution in [0.2, 0.25) is 10.0 Å². The van der Waals surface area contributed by atoms with Crippen LogP contribution in [-0.2, 0) is 6.42 Å². The Bertz CT molecular complexity index is 284. The molecule has 0 N–H and O–H groups in total. The molecule has 0 saturated carbocycles. The predicted molar refractivity (Wildman–Crippen MR) is 60.0 cm³/mol. The van der Waals surface area contributed by atoms with Gasteiger partial charge in [-0.25, -0.2) is 0 Å². The van der Waals surface area contributed by atoms with E-state index >= 15 is 0 Å². The Labute approximate surface area is 86.3 Å². The maximum atomic E-state index is 6.07. The third-order valence-electron chi connectivity index (χ3n) is 1.93. The van der Waals surface area contributed by atoms with Crippen molar-refractivity contribution in [3.05, 3.63) is 27.7 Å². The fraction of sp³-hybridized carbons (Fsp3) is 0.333. The molecule has 1 rings (SSSR count). The van der Waals surface area contributed by atoms with Crippen molar-refractivity contribution in [1.29, 1.82) is 0 Å². The molecule has 0 heterocycles. The summed E-state index contributed by atoms with van der Waals surface area (Å²) in [4.78, 5) is 0. The molecule has 0 fully saturated rings. The molecular formula is C9H12Cl2Si. The van der Waals surface area contributed by atoms with Crippen LogP contribution in [0.1, 0.15) is 18.9 Å². The van der Waals surface area contributed by atoms with E-state index in [4.69, 9.17) is 23.2 Å². The lowest BCUT2D eigenvalue weighted by atomic mass is 10.1. The van der Waals surface area contributed by atoms with E-state index in [1.807, 2.05) is 6.07 Å². The predicted octanol–water partition coefficient (Wildman–Crippen LogP) is 1.94. The first-order chi connectivity index (χ1) is 5.66. The third-order valence-corrected chi connectivity index (χ3v) is 3.71. The molecular weight excluding hydrogens is 207 g/mol. The topological polar surface area (TPSA) is 0 Å². The van der Waals surface area contributed by atoms with Gasteiger partial charge in [-0.05, 0) is 18.1 Å². The van der Waals surface area contributed by atoms with Gasteiger partial charge in [0.05, 0.1) is 10.0 Å². The molecule has 0 aliphatic rings. The fourth-order valence-corrected chi connectivity index (χ4v) is 2.55. The standard InChI is InChI=1S/C9H12Cl2Si/c1-2-3-6-8(12)5-4-7(10)9(6)11/h4-5H,2-3H2,1,12H3. The largest absolute Gasteiger partial charge is 0.0827 e. The first-order valence-electron chi connectivity index (χ1n) is 4.10. The molecule has 0 aliphatic carbocycles. The molecule has 66 valence electrons. The smallest absolute Gasteiger partial charge is 0.0622 e. The van der Waals surface area contributed by atoms with E-state index < -0.39 is 0 Å².